The number of nitrogens with one attached hydrogen (secondary N) is 1. The molecule has 2 rings (SSSR count). The fourth-order valence-corrected chi connectivity index (χ4v) is 7.46. The smallest absolute Gasteiger partial charge is 0.330 e. The van der Waals surface area contributed by atoms with Crippen LogP contribution in [0.3, 0.4) is 0 Å². The van der Waals surface area contributed by atoms with Crippen LogP contribution in [0, 0.1) is 6.92 Å². The van der Waals surface area contributed by atoms with E-state index in [4.69, 9.17) is 10.3 Å². The van der Waals surface area contributed by atoms with E-state index >= 15 is 0 Å². The van der Waals surface area contributed by atoms with Crippen LogP contribution in [-0.4, -0.2) is 46.6 Å². The molecule has 1 aliphatic heterocycles. The van der Waals surface area contributed by atoms with Crippen molar-refractivity contribution in [1.82, 2.24) is 9.55 Å². The molecule has 1 aromatic rings. The Labute approximate surface area is 246 Å². The van der Waals surface area contributed by atoms with E-state index < -0.39 is 66.4 Å². The Hall–Kier alpha value is -1.68. The number of ether oxygens (including phenoxy) is 1. The molecular weight excluding hydrogens is 639 g/mol. The average molecular weight is 674 g/mol. The maximum absolute atomic E-state index is 12.0. The standard InChI is InChI=1S/C21H38N5O14P3/c1-16-14-26(21(29)24-20(16)28)19-13-17(27)18(38-19)15-37-42(32,33)40-43(34,35)39-41(30,31)36-12-10-8-6-4-2-3-5-7-9-11-23-25-22/h14,17-19,27H,2-13,15H2,1H3,(H,30,31)(H,32,33)(H,34,35)(H,24,28,29)/p-3/t17?,18-,19-/m0/s1. The van der Waals surface area contributed by atoms with Crippen LogP contribution >= 0.6 is 23.5 Å². The van der Waals surface area contributed by atoms with Gasteiger partial charge in [0, 0.05) is 29.6 Å². The van der Waals surface area contributed by atoms with Crippen molar-refractivity contribution < 1.29 is 55.9 Å². The lowest BCUT2D eigenvalue weighted by Gasteiger charge is -2.34. The van der Waals surface area contributed by atoms with Crippen LogP contribution in [0.1, 0.15) is 76.0 Å². The predicted octanol–water partition coefficient (Wildman–Crippen LogP) is 1.79. The highest BCUT2D eigenvalue weighted by atomic mass is 31.3. The Morgan fingerprint density at radius 1 is 1.00 bits per heavy atom. The van der Waals surface area contributed by atoms with Gasteiger partial charge in [0.25, 0.3) is 29.0 Å². The molecule has 0 radical (unpaired) electrons. The lowest BCUT2D eigenvalue weighted by Crippen LogP contribution is -2.33. The number of phosphoric ester groups is 2. The molecule has 1 saturated heterocycles. The molecule has 0 bridgehead atoms. The van der Waals surface area contributed by atoms with Crippen molar-refractivity contribution in [3.8, 4) is 0 Å². The second kappa shape index (κ2) is 17.7. The summed E-state index contributed by atoms with van der Waals surface area (Å²) in [4.78, 5) is 64.1. The highest BCUT2D eigenvalue weighted by molar-refractivity contribution is 7.65. The van der Waals surface area contributed by atoms with E-state index in [1.165, 1.54) is 13.1 Å². The van der Waals surface area contributed by atoms with Crippen molar-refractivity contribution in [2.45, 2.75) is 89.6 Å². The van der Waals surface area contributed by atoms with Crippen LogP contribution in [0.5, 0.6) is 0 Å². The molecule has 4 unspecified atom stereocenters. The maximum Gasteiger partial charge on any atom is 0.330 e. The summed E-state index contributed by atoms with van der Waals surface area (Å²) in [5.74, 6) is 0. The molecule has 0 aromatic carbocycles. The van der Waals surface area contributed by atoms with Gasteiger partial charge in [-0.1, -0.05) is 50.1 Å². The van der Waals surface area contributed by atoms with E-state index in [9.17, 15) is 43.1 Å². The number of aromatic nitrogens is 2. The molecule has 0 amide bonds. The first-order valence-corrected chi connectivity index (χ1v) is 17.8. The summed E-state index contributed by atoms with van der Waals surface area (Å²) in [6.07, 6.45) is 4.48. The largest absolute Gasteiger partial charge is 0.756 e. The van der Waals surface area contributed by atoms with Gasteiger partial charge in [-0.05, 0) is 25.3 Å². The second-order valence-corrected chi connectivity index (χ2v) is 14.2. The summed E-state index contributed by atoms with van der Waals surface area (Å²) in [6, 6.07) is 0. The topological polar surface area (TPSA) is 290 Å². The predicted molar refractivity (Wildman–Crippen MR) is 143 cm³/mol. The van der Waals surface area contributed by atoms with Crippen molar-refractivity contribution in [3.05, 3.63) is 43.0 Å². The zero-order valence-corrected chi connectivity index (χ0v) is 26.1. The number of unbranched alkanes of at least 4 members (excludes halogenated alkanes) is 8. The third-order valence-electron chi connectivity index (χ3n) is 6.17. The fourth-order valence-electron chi connectivity index (χ4n) is 4.05. The quantitative estimate of drug-likeness (QED) is 0.0618. The highest BCUT2D eigenvalue weighted by Gasteiger charge is 2.37. The number of aryl methyl sites for hydroxylation is 1. The molecule has 2 N–H and O–H groups in total. The number of phosphoric acid groups is 3. The number of H-pyrrole nitrogens is 1. The zero-order valence-electron chi connectivity index (χ0n) is 23.4. The van der Waals surface area contributed by atoms with Gasteiger partial charge in [0.1, 0.15) is 12.3 Å². The van der Waals surface area contributed by atoms with Gasteiger partial charge in [-0.2, -0.15) is 0 Å². The van der Waals surface area contributed by atoms with E-state index in [-0.39, 0.29) is 18.4 Å². The molecule has 43 heavy (non-hydrogen) atoms. The van der Waals surface area contributed by atoms with Gasteiger partial charge in [-0.3, -0.25) is 28.0 Å². The van der Waals surface area contributed by atoms with Gasteiger partial charge >= 0.3 is 5.69 Å². The number of hydrogen-bond acceptors (Lipinski definition) is 15. The summed E-state index contributed by atoms with van der Waals surface area (Å²) in [5, 5.41) is 13.6. The van der Waals surface area contributed by atoms with Gasteiger partial charge in [-0.15, -0.1) is 0 Å². The Morgan fingerprint density at radius 3 is 2.16 bits per heavy atom. The van der Waals surface area contributed by atoms with Crippen LogP contribution in [-0.2, 0) is 36.1 Å². The highest BCUT2D eigenvalue weighted by Crippen LogP contribution is 2.63. The van der Waals surface area contributed by atoms with Crippen molar-refractivity contribution in [2.75, 3.05) is 19.8 Å². The Bertz CT molecular complexity index is 1350. The number of aliphatic hydroxyl groups excluding tert-OH is 1. The molecule has 0 aliphatic carbocycles. The van der Waals surface area contributed by atoms with E-state index in [1.54, 1.807) is 0 Å². The number of aromatic amines is 1. The first kappa shape index (κ1) is 37.5. The average Bonchev–Trinajstić information content (AvgIpc) is 3.26. The Kier molecular flexibility index (Phi) is 15.5. The molecule has 0 saturated carbocycles. The number of hydrogen-bond donors (Lipinski definition) is 2. The monoisotopic (exact) mass is 674 g/mol. The Balaban J connectivity index is 1.69. The molecule has 246 valence electrons. The molecule has 19 nitrogen and oxygen atoms in total. The van der Waals surface area contributed by atoms with Crippen molar-refractivity contribution in [2.24, 2.45) is 5.11 Å². The fraction of sp³-hybridized carbons (Fsp3) is 0.810. The van der Waals surface area contributed by atoms with Crippen molar-refractivity contribution in [1.29, 1.82) is 0 Å². The van der Waals surface area contributed by atoms with Crippen molar-refractivity contribution >= 4 is 23.5 Å². The molecule has 1 fully saturated rings. The minimum atomic E-state index is -6.03. The van der Waals surface area contributed by atoms with E-state index in [0.29, 0.717) is 13.0 Å². The SMILES string of the molecule is Cc1cn([C@@H]2CC(O)[C@H](COP(=O)([O-])OP(=O)([O-])OP(=O)([O-])OCCCCCCCCCCCN=[N+]=[N-])O2)c(=O)[nH]c1=O. The van der Waals surface area contributed by atoms with Crippen LogP contribution in [0.15, 0.2) is 20.9 Å². The van der Waals surface area contributed by atoms with E-state index in [0.717, 1.165) is 49.5 Å². The van der Waals surface area contributed by atoms with Gasteiger partial charge in [-0.25, -0.2) is 13.4 Å². The number of rotatable bonds is 21. The number of azide groups is 1. The zero-order chi connectivity index (χ0) is 32.1. The minimum Gasteiger partial charge on any atom is -0.756 e. The minimum absolute atomic E-state index is 0.166. The van der Waals surface area contributed by atoms with E-state index in [1.807, 2.05) is 4.98 Å². The molecule has 1 aromatic heterocycles. The summed E-state index contributed by atoms with van der Waals surface area (Å²) in [6.45, 7) is 0.543. The molecular formula is C21H35N5O14P3-3. The third-order valence-corrected chi connectivity index (χ3v) is 10.3. The molecule has 6 atom stereocenters. The number of nitrogens with zero attached hydrogens (tertiary/aromatic N) is 4. The lowest BCUT2D eigenvalue weighted by atomic mass is 10.1. The normalized spacial score (nSPS) is 22.8. The van der Waals surface area contributed by atoms with Crippen LogP contribution < -0.4 is 25.9 Å². The first-order chi connectivity index (χ1) is 20.1. The molecule has 0 spiro atoms. The lowest BCUT2D eigenvalue weighted by molar-refractivity contribution is -0.251. The van der Waals surface area contributed by atoms with Crippen molar-refractivity contribution in [3.63, 3.8) is 0 Å². The second-order valence-electron chi connectivity index (χ2n) is 9.68. The summed E-state index contributed by atoms with van der Waals surface area (Å²) < 4.78 is 58.6. The van der Waals surface area contributed by atoms with Gasteiger partial charge in [0.05, 0.1) is 19.3 Å². The number of aliphatic hydroxyl groups is 1. The molecule has 1 aliphatic rings. The maximum atomic E-state index is 12.0. The van der Waals surface area contributed by atoms with Crippen LogP contribution in [0.4, 0.5) is 0 Å². The van der Waals surface area contributed by atoms with Gasteiger partial charge in [0.15, 0.2) is 0 Å². The molecule has 22 heteroatoms. The van der Waals surface area contributed by atoms with Gasteiger partial charge in [0.2, 0.25) is 0 Å². The molecule has 2 heterocycles. The Morgan fingerprint density at radius 2 is 1.56 bits per heavy atom. The first-order valence-electron chi connectivity index (χ1n) is 13.5. The van der Waals surface area contributed by atoms with Gasteiger partial charge < -0.3 is 33.6 Å². The summed E-state index contributed by atoms with van der Waals surface area (Å²) in [7, 11) is -17.3. The van der Waals surface area contributed by atoms with Crippen LogP contribution in [0.2, 0.25) is 0 Å². The van der Waals surface area contributed by atoms with Crippen LogP contribution in [0.25, 0.3) is 10.4 Å². The van der Waals surface area contributed by atoms with E-state index in [2.05, 4.69) is 27.7 Å². The third kappa shape index (κ3) is 14.3. The summed E-state index contributed by atoms with van der Waals surface area (Å²) >= 11 is 0. The summed E-state index contributed by atoms with van der Waals surface area (Å²) in [5.41, 5.74) is 6.89.